The molecule has 0 spiro atoms. The van der Waals surface area contributed by atoms with Crippen molar-refractivity contribution in [3.8, 4) is 0 Å². The Labute approximate surface area is 112 Å². The topological polar surface area (TPSA) is 32.7 Å². The first-order valence-corrected chi connectivity index (χ1v) is 7.57. The Morgan fingerprint density at radius 3 is 2.78 bits per heavy atom. The Morgan fingerprint density at radius 1 is 1.33 bits per heavy atom. The number of aliphatic hydroxyl groups excluding tert-OH is 1. The highest BCUT2D eigenvalue weighted by molar-refractivity contribution is 4.95. The Kier molecular flexibility index (Phi) is 4.68. The van der Waals surface area contributed by atoms with Gasteiger partial charge in [0.25, 0.3) is 0 Å². The Hall–Kier alpha value is -0.120. The van der Waals surface area contributed by atoms with Gasteiger partial charge in [0.15, 0.2) is 0 Å². The van der Waals surface area contributed by atoms with Crippen molar-refractivity contribution in [2.75, 3.05) is 19.8 Å². The summed E-state index contributed by atoms with van der Waals surface area (Å²) < 4.78 is 5.62. The number of ether oxygens (including phenoxy) is 1. The molecule has 3 nitrogen and oxygen atoms in total. The quantitative estimate of drug-likeness (QED) is 0.840. The standard InChI is InChI=1S/C15H29NO2/c1-4-5-12-6-7-13(17)10-14(12)16-8-9-18-11-15(16,2)3/h12-14,17H,4-11H2,1-3H3. The molecule has 0 aromatic rings. The molecule has 1 aliphatic carbocycles. The lowest BCUT2D eigenvalue weighted by Crippen LogP contribution is -2.60. The summed E-state index contributed by atoms with van der Waals surface area (Å²) in [7, 11) is 0. The van der Waals surface area contributed by atoms with Gasteiger partial charge in [-0.3, -0.25) is 4.90 Å². The molecule has 2 fully saturated rings. The summed E-state index contributed by atoms with van der Waals surface area (Å²) in [6.45, 7) is 9.50. The molecule has 2 aliphatic rings. The van der Waals surface area contributed by atoms with Crippen LogP contribution in [0.4, 0.5) is 0 Å². The van der Waals surface area contributed by atoms with E-state index in [0.717, 1.165) is 38.5 Å². The lowest BCUT2D eigenvalue weighted by molar-refractivity contribution is -0.102. The minimum Gasteiger partial charge on any atom is -0.393 e. The molecule has 0 aromatic heterocycles. The van der Waals surface area contributed by atoms with Crippen LogP contribution in [0.1, 0.15) is 52.9 Å². The second-order valence-corrected chi connectivity index (χ2v) is 6.64. The monoisotopic (exact) mass is 255 g/mol. The average Bonchev–Trinajstić information content (AvgIpc) is 2.31. The van der Waals surface area contributed by atoms with Crippen molar-refractivity contribution >= 4 is 0 Å². The van der Waals surface area contributed by atoms with Crippen LogP contribution in [0, 0.1) is 5.92 Å². The van der Waals surface area contributed by atoms with Crippen molar-refractivity contribution < 1.29 is 9.84 Å². The minimum absolute atomic E-state index is 0.0956. The maximum absolute atomic E-state index is 10.0. The lowest BCUT2D eigenvalue weighted by Gasteiger charge is -2.51. The van der Waals surface area contributed by atoms with Gasteiger partial charge in [-0.2, -0.15) is 0 Å². The summed E-state index contributed by atoms with van der Waals surface area (Å²) in [4.78, 5) is 2.61. The number of nitrogens with zero attached hydrogens (tertiary/aromatic N) is 1. The van der Waals surface area contributed by atoms with Crippen LogP contribution in [0.2, 0.25) is 0 Å². The molecule has 2 rings (SSSR count). The van der Waals surface area contributed by atoms with Crippen LogP contribution in [-0.2, 0) is 4.74 Å². The van der Waals surface area contributed by atoms with E-state index in [2.05, 4.69) is 25.7 Å². The van der Waals surface area contributed by atoms with Gasteiger partial charge in [-0.25, -0.2) is 0 Å². The van der Waals surface area contributed by atoms with E-state index >= 15 is 0 Å². The molecule has 0 amide bonds. The van der Waals surface area contributed by atoms with E-state index < -0.39 is 0 Å². The highest BCUT2D eigenvalue weighted by Gasteiger charge is 2.41. The fourth-order valence-corrected chi connectivity index (χ4v) is 3.76. The predicted octanol–water partition coefficient (Wildman–Crippen LogP) is 2.43. The molecule has 1 aliphatic heterocycles. The molecule has 1 saturated carbocycles. The van der Waals surface area contributed by atoms with Gasteiger partial charge in [0.1, 0.15) is 0 Å². The van der Waals surface area contributed by atoms with Crippen LogP contribution in [0.25, 0.3) is 0 Å². The third-order valence-electron chi connectivity index (χ3n) is 4.70. The Bertz CT molecular complexity index is 267. The summed E-state index contributed by atoms with van der Waals surface area (Å²) in [6.07, 6.45) is 5.58. The van der Waals surface area contributed by atoms with Crippen LogP contribution in [0.3, 0.4) is 0 Å². The Balaban J connectivity index is 2.10. The maximum Gasteiger partial charge on any atom is 0.0645 e. The van der Waals surface area contributed by atoms with Gasteiger partial charge >= 0.3 is 0 Å². The number of aliphatic hydroxyl groups is 1. The van der Waals surface area contributed by atoms with Gasteiger partial charge in [-0.15, -0.1) is 0 Å². The third-order valence-corrected chi connectivity index (χ3v) is 4.70. The van der Waals surface area contributed by atoms with Gasteiger partial charge < -0.3 is 9.84 Å². The van der Waals surface area contributed by atoms with Crippen LogP contribution in [0.15, 0.2) is 0 Å². The van der Waals surface area contributed by atoms with Crippen molar-refractivity contribution in [2.24, 2.45) is 5.92 Å². The molecule has 0 radical (unpaired) electrons. The van der Waals surface area contributed by atoms with E-state index in [4.69, 9.17) is 4.74 Å². The summed E-state index contributed by atoms with van der Waals surface area (Å²) >= 11 is 0. The van der Waals surface area contributed by atoms with Gasteiger partial charge in [-0.1, -0.05) is 13.3 Å². The SMILES string of the molecule is CCCC1CCC(O)CC1N1CCOCC1(C)C. The van der Waals surface area contributed by atoms with Crippen molar-refractivity contribution in [1.29, 1.82) is 0 Å². The van der Waals surface area contributed by atoms with Gasteiger partial charge in [0.2, 0.25) is 0 Å². The number of hydrogen-bond donors (Lipinski definition) is 1. The van der Waals surface area contributed by atoms with Crippen LogP contribution in [0.5, 0.6) is 0 Å². The molecule has 1 saturated heterocycles. The molecule has 3 atom stereocenters. The zero-order chi connectivity index (χ0) is 13.2. The molecular weight excluding hydrogens is 226 g/mol. The van der Waals surface area contributed by atoms with Gasteiger partial charge in [0, 0.05) is 18.1 Å². The highest BCUT2D eigenvalue weighted by atomic mass is 16.5. The predicted molar refractivity (Wildman–Crippen MR) is 73.6 cm³/mol. The normalized spacial score (nSPS) is 37.7. The number of morpholine rings is 1. The van der Waals surface area contributed by atoms with E-state index in [-0.39, 0.29) is 11.6 Å². The van der Waals surface area contributed by atoms with Crippen LogP contribution >= 0.6 is 0 Å². The summed E-state index contributed by atoms with van der Waals surface area (Å²) in [5.41, 5.74) is 0.117. The maximum atomic E-state index is 10.0. The van der Waals surface area contributed by atoms with E-state index in [1.54, 1.807) is 0 Å². The average molecular weight is 255 g/mol. The minimum atomic E-state index is -0.0956. The van der Waals surface area contributed by atoms with Crippen molar-refractivity contribution in [2.45, 2.75) is 70.6 Å². The zero-order valence-corrected chi connectivity index (χ0v) is 12.2. The smallest absolute Gasteiger partial charge is 0.0645 e. The first-order valence-electron chi connectivity index (χ1n) is 7.57. The first kappa shape index (κ1) is 14.3. The molecule has 0 bridgehead atoms. The highest BCUT2D eigenvalue weighted by Crippen LogP contribution is 2.36. The fourth-order valence-electron chi connectivity index (χ4n) is 3.76. The molecule has 1 N–H and O–H groups in total. The van der Waals surface area contributed by atoms with E-state index in [1.807, 2.05) is 0 Å². The first-order chi connectivity index (χ1) is 8.54. The summed E-state index contributed by atoms with van der Waals surface area (Å²) in [6, 6.07) is 0.549. The summed E-state index contributed by atoms with van der Waals surface area (Å²) in [5.74, 6) is 0.760. The van der Waals surface area contributed by atoms with Crippen LogP contribution in [-0.4, -0.2) is 47.4 Å². The molecule has 106 valence electrons. The van der Waals surface area contributed by atoms with Crippen molar-refractivity contribution in [3.05, 3.63) is 0 Å². The van der Waals surface area contributed by atoms with Crippen LogP contribution < -0.4 is 0 Å². The fraction of sp³-hybridized carbons (Fsp3) is 1.00. The lowest BCUT2D eigenvalue weighted by atomic mass is 9.78. The molecule has 0 aromatic carbocycles. The Morgan fingerprint density at radius 2 is 2.11 bits per heavy atom. The van der Waals surface area contributed by atoms with Crippen molar-refractivity contribution in [3.63, 3.8) is 0 Å². The summed E-state index contributed by atoms with van der Waals surface area (Å²) in [5, 5.41) is 10.0. The largest absolute Gasteiger partial charge is 0.393 e. The third kappa shape index (κ3) is 3.06. The second-order valence-electron chi connectivity index (χ2n) is 6.64. The van der Waals surface area contributed by atoms with E-state index in [0.29, 0.717) is 6.04 Å². The van der Waals surface area contributed by atoms with E-state index in [9.17, 15) is 5.11 Å². The molecule has 18 heavy (non-hydrogen) atoms. The van der Waals surface area contributed by atoms with E-state index in [1.165, 1.54) is 19.3 Å². The molecule has 1 heterocycles. The zero-order valence-electron chi connectivity index (χ0n) is 12.2. The van der Waals surface area contributed by atoms with Crippen molar-refractivity contribution in [1.82, 2.24) is 4.90 Å². The second kappa shape index (κ2) is 5.89. The van der Waals surface area contributed by atoms with Gasteiger partial charge in [0.05, 0.1) is 19.3 Å². The van der Waals surface area contributed by atoms with Gasteiger partial charge in [-0.05, 0) is 45.4 Å². The molecular formula is C15H29NO2. The number of rotatable bonds is 3. The molecule has 3 unspecified atom stereocenters. The number of hydrogen-bond acceptors (Lipinski definition) is 3. The molecule has 3 heteroatoms.